The number of thioether (sulfide) groups is 1. The van der Waals surface area contributed by atoms with Gasteiger partial charge < -0.3 is 0 Å². The molecule has 0 saturated heterocycles. The molecule has 0 unspecified atom stereocenters. The zero-order chi connectivity index (χ0) is 18.6. The SMILES string of the molecule is CC(C)[C@H]1CSC(c2ccccc2P(c2ccccc2)c2ccccc2)=N1. The maximum absolute atomic E-state index is 5.08. The van der Waals surface area contributed by atoms with Gasteiger partial charge in [0.05, 0.1) is 11.1 Å². The maximum atomic E-state index is 5.08. The van der Waals surface area contributed by atoms with Crippen LogP contribution in [0, 0.1) is 5.92 Å². The highest BCUT2D eigenvalue weighted by Gasteiger charge is 2.26. The van der Waals surface area contributed by atoms with Crippen LogP contribution in [0.15, 0.2) is 89.9 Å². The highest BCUT2D eigenvalue weighted by atomic mass is 32.2. The summed E-state index contributed by atoms with van der Waals surface area (Å²) in [5.41, 5.74) is 1.31. The monoisotopic (exact) mass is 389 g/mol. The Morgan fingerprint density at radius 1 is 0.815 bits per heavy atom. The molecule has 0 aliphatic carbocycles. The van der Waals surface area contributed by atoms with Gasteiger partial charge in [-0.25, -0.2) is 0 Å². The predicted octanol–water partition coefficient (Wildman–Crippen LogP) is 4.96. The Hall–Kier alpha value is -1.89. The molecule has 1 nitrogen and oxygen atoms in total. The van der Waals surface area contributed by atoms with Gasteiger partial charge in [0.15, 0.2) is 0 Å². The van der Waals surface area contributed by atoms with Crippen LogP contribution < -0.4 is 15.9 Å². The van der Waals surface area contributed by atoms with Crippen LogP contribution >= 0.6 is 19.7 Å². The molecule has 0 amide bonds. The predicted molar refractivity (Wildman–Crippen MR) is 123 cm³/mol. The van der Waals surface area contributed by atoms with E-state index in [1.165, 1.54) is 26.5 Å². The van der Waals surface area contributed by atoms with E-state index >= 15 is 0 Å². The fourth-order valence-corrected chi connectivity index (χ4v) is 7.17. The molecule has 0 saturated carbocycles. The van der Waals surface area contributed by atoms with E-state index in [0.717, 1.165) is 5.75 Å². The molecule has 136 valence electrons. The standard InChI is InChI=1S/C24H24NPS/c1-18(2)22-17-27-24(25-22)21-15-9-10-16-23(21)26(19-11-5-3-6-12-19)20-13-7-4-8-14-20/h3-16,18,22H,17H2,1-2H3/t22-/m1/s1. The minimum absolute atomic E-state index is 0.428. The van der Waals surface area contributed by atoms with Crippen LogP contribution in [0.5, 0.6) is 0 Å². The van der Waals surface area contributed by atoms with E-state index in [-0.39, 0.29) is 0 Å². The first kappa shape index (κ1) is 18.5. The largest absolute Gasteiger partial charge is 0.273 e. The molecule has 0 aromatic heterocycles. The lowest BCUT2D eigenvalue weighted by Crippen LogP contribution is -2.24. The van der Waals surface area contributed by atoms with Crippen LogP contribution in [-0.4, -0.2) is 16.8 Å². The number of hydrogen-bond donors (Lipinski definition) is 0. The third-order valence-corrected chi connectivity index (χ3v) is 8.46. The molecule has 1 aliphatic rings. The van der Waals surface area contributed by atoms with Gasteiger partial charge in [0.1, 0.15) is 0 Å². The molecule has 1 aliphatic heterocycles. The highest BCUT2D eigenvalue weighted by molar-refractivity contribution is 8.14. The second-order valence-corrected chi connectivity index (χ2v) is 10.3. The highest BCUT2D eigenvalue weighted by Crippen LogP contribution is 2.36. The number of benzene rings is 3. The number of aliphatic imine (C=N–C) groups is 1. The Labute approximate surface area is 167 Å². The summed E-state index contributed by atoms with van der Waals surface area (Å²) in [6, 6.07) is 31.1. The average Bonchev–Trinajstić information content (AvgIpc) is 3.21. The fraction of sp³-hybridized carbons (Fsp3) is 0.208. The summed E-state index contributed by atoms with van der Waals surface area (Å²) in [4.78, 5) is 5.08. The number of nitrogens with zero attached hydrogens (tertiary/aromatic N) is 1. The molecule has 3 aromatic rings. The maximum Gasteiger partial charge on any atom is 0.0988 e. The second-order valence-electron chi connectivity index (χ2n) is 7.08. The van der Waals surface area contributed by atoms with E-state index in [1.807, 2.05) is 11.8 Å². The lowest BCUT2D eigenvalue weighted by molar-refractivity contribution is 0.544. The molecule has 1 atom stereocenters. The molecule has 3 heteroatoms. The molecular formula is C24H24NPS. The van der Waals surface area contributed by atoms with E-state index in [0.29, 0.717) is 12.0 Å². The molecule has 0 N–H and O–H groups in total. The van der Waals surface area contributed by atoms with E-state index < -0.39 is 7.92 Å². The van der Waals surface area contributed by atoms with E-state index in [9.17, 15) is 0 Å². The summed E-state index contributed by atoms with van der Waals surface area (Å²) < 4.78 is 0. The number of rotatable bonds is 5. The van der Waals surface area contributed by atoms with Crippen molar-refractivity contribution >= 4 is 40.6 Å². The van der Waals surface area contributed by atoms with Gasteiger partial charge in [0.25, 0.3) is 0 Å². The van der Waals surface area contributed by atoms with Crippen molar-refractivity contribution < 1.29 is 0 Å². The van der Waals surface area contributed by atoms with Crippen molar-refractivity contribution in [2.24, 2.45) is 10.9 Å². The van der Waals surface area contributed by atoms with Gasteiger partial charge in [0.2, 0.25) is 0 Å². The van der Waals surface area contributed by atoms with Gasteiger partial charge in [0, 0.05) is 11.3 Å². The molecule has 3 aromatic carbocycles. The molecule has 27 heavy (non-hydrogen) atoms. The Morgan fingerprint density at radius 2 is 1.37 bits per heavy atom. The number of hydrogen-bond acceptors (Lipinski definition) is 2. The minimum atomic E-state index is -0.607. The van der Waals surface area contributed by atoms with Crippen molar-refractivity contribution in [1.29, 1.82) is 0 Å². The minimum Gasteiger partial charge on any atom is -0.273 e. The van der Waals surface area contributed by atoms with Crippen LogP contribution in [-0.2, 0) is 0 Å². The van der Waals surface area contributed by atoms with Crippen LogP contribution in [0.3, 0.4) is 0 Å². The zero-order valence-corrected chi connectivity index (χ0v) is 17.5. The summed E-state index contributed by atoms with van der Waals surface area (Å²) in [5, 5.41) is 5.38. The van der Waals surface area contributed by atoms with Crippen LogP contribution in [0.25, 0.3) is 0 Å². The van der Waals surface area contributed by atoms with Crippen molar-refractivity contribution in [1.82, 2.24) is 0 Å². The van der Waals surface area contributed by atoms with Crippen molar-refractivity contribution in [2.75, 3.05) is 5.75 Å². The van der Waals surface area contributed by atoms with Crippen molar-refractivity contribution in [3.05, 3.63) is 90.5 Å². The van der Waals surface area contributed by atoms with Gasteiger partial charge in [-0.1, -0.05) is 98.8 Å². The summed E-state index contributed by atoms with van der Waals surface area (Å²) in [5.74, 6) is 1.68. The molecule has 0 radical (unpaired) electrons. The quantitative estimate of drug-likeness (QED) is 0.562. The molecule has 0 spiro atoms. The van der Waals surface area contributed by atoms with Gasteiger partial charge in [-0.05, 0) is 29.8 Å². The van der Waals surface area contributed by atoms with Gasteiger partial charge in [-0.15, -0.1) is 11.8 Å². The van der Waals surface area contributed by atoms with Crippen LogP contribution in [0.4, 0.5) is 0 Å². The molecular weight excluding hydrogens is 365 g/mol. The third-order valence-electron chi connectivity index (χ3n) is 4.85. The van der Waals surface area contributed by atoms with Crippen molar-refractivity contribution in [3.8, 4) is 0 Å². The van der Waals surface area contributed by atoms with Gasteiger partial charge in [-0.2, -0.15) is 0 Å². The third kappa shape index (κ3) is 4.03. The summed E-state index contributed by atoms with van der Waals surface area (Å²) in [7, 11) is -0.607. The first-order chi connectivity index (χ1) is 13.2. The van der Waals surface area contributed by atoms with Crippen LogP contribution in [0.2, 0.25) is 0 Å². The van der Waals surface area contributed by atoms with Crippen molar-refractivity contribution in [3.63, 3.8) is 0 Å². The lowest BCUT2D eigenvalue weighted by atomic mass is 10.1. The first-order valence-electron chi connectivity index (χ1n) is 9.44. The topological polar surface area (TPSA) is 12.4 Å². The normalized spacial score (nSPS) is 16.7. The van der Waals surface area contributed by atoms with Crippen LogP contribution in [0.1, 0.15) is 19.4 Å². The Kier molecular flexibility index (Phi) is 5.76. The Balaban J connectivity index is 1.84. The van der Waals surface area contributed by atoms with E-state index in [4.69, 9.17) is 4.99 Å². The Morgan fingerprint density at radius 3 is 1.93 bits per heavy atom. The first-order valence-corrected chi connectivity index (χ1v) is 11.8. The Bertz CT molecular complexity index is 882. The van der Waals surface area contributed by atoms with E-state index in [1.54, 1.807) is 0 Å². The molecule has 4 rings (SSSR count). The molecule has 0 bridgehead atoms. The fourth-order valence-electron chi connectivity index (χ4n) is 3.31. The van der Waals surface area contributed by atoms with Gasteiger partial charge in [-0.3, -0.25) is 4.99 Å². The molecule has 0 fully saturated rings. The smallest absolute Gasteiger partial charge is 0.0988 e. The lowest BCUT2D eigenvalue weighted by Gasteiger charge is -2.22. The summed E-state index contributed by atoms with van der Waals surface area (Å²) >= 11 is 1.91. The van der Waals surface area contributed by atoms with Gasteiger partial charge >= 0.3 is 0 Å². The summed E-state index contributed by atoms with van der Waals surface area (Å²) in [6.45, 7) is 4.54. The summed E-state index contributed by atoms with van der Waals surface area (Å²) in [6.07, 6.45) is 0. The second kappa shape index (κ2) is 8.42. The zero-order valence-electron chi connectivity index (χ0n) is 15.7. The van der Waals surface area contributed by atoms with Crippen molar-refractivity contribution in [2.45, 2.75) is 19.9 Å². The average molecular weight is 390 g/mol. The molecule has 1 heterocycles. The van der Waals surface area contributed by atoms with E-state index in [2.05, 4.69) is 98.8 Å².